The summed E-state index contributed by atoms with van der Waals surface area (Å²) in [7, 11) is 0. The molecule has 1 atom stereocenters. The maximum Gasteiger partial charge on any atom is 0.409 e. The van der Waals surface area contributed by atoms with E-state index >= 15 is 0 Å². The number of rotatable bonds is 3. The number of hydrogen-bond donors (Lipinski definition) is 0. The van der Waals surface area contributed by atoms with Crippen LogP contribution in [-0.4, -0.2) is 65.6 Å². The van der Waals surface area contributed by atoms with Crippen molar-refractivity contribution in [1.82, 2.24) is 14.8 Å². The van der Waals surface area contributed by atoms with E-state index < -0.39 is 0 Å². The predicted octanol–water partition coefficient (Wildman–Crippen LogP) is 3.08. The van der Waals surface area contributed by atoms with Crippen molar-refractivity contribution in [2.75, 3.05) is 37.7 Å². The Morgan fingerprint density at radius 1 is 1.10 bits per heavy atom. The van der Waals surface area contributed by atoms with Crippen LogP contribution in [0.4, 0.5) is 16.2 Å². The molecule has 4 rings (SSSR count). The maximum absolute atomic E-state index is 13.0. The van der Waals surface area contributed by atoms with E-state index in [9.17, 15) is 9.59 Å². The summed E-state index contributed by atoms with van der Waals surface area (Å²) in [6.45, 7) is 6.24. The molecule has 1 unspecified atom stereocenters. The third kappa shape index (κ3) is 3.77. The van der Waals surface area contributed by atoms with Crippen molar-refractivity contribution in [2.24, 2.45) is 0 Å². The Morgan fingerprint density at radius 2 is 1.83 bits per heavy atom. The lowest BCUT2D eigenvalue weighted by atomic mass is 10.1. The standard InChI is InChI=1S/C22H26N4O3/c1-3-29-22(28)25-12-10-24(11-13-25)21(27)19-15-18(8-9-23-19)26-16(2)14-17-6-4-5-7-20(17)26/h4-9,15-16H,3,10-14H2,1-2H3. The number of ether oxygens (including phenoxy) is 1. The molecule has 0 saturated carbocycles. The minimum absolute atomic E-state index is 0.101. The lowest BCUT2D eigenvalue weighted by Gasteiger charge is -2.34. The number of carbonyl (C=O) groups excluding carboxylic acids is 2. The van der Waals surface area contributed by atoms with Crippen molar-refractivity contribution in [3.63, 3.8) is 0 Å². The van der Waals surface area contributed by atoms with Crippen LogP contribution in [0.2, 0.25) is 0 Å². The third-order valence-electron chi connectivity index (χ3n) is 5.54. The number of aromatic nitrogens is 1. The van der Waals surface area contributed by atoms with Crippen LogP contribution in [0.5, 0.6) is 0 Å². The molecule has 152 valence electrons. The average molecular weight is 394 g/mol. The first-order valence-corrected chi connectivity index (χ1v) is 10.1. The fourth-order valence-electron chi connectivity index (χ4n) is 4.11. The zero-order valence-corrected chi connectivity index (χ0v) is 16.9. The van der Waals surface area contributed by atoms with Gasteiger partial charge >= 0.3 is 6.09 Å². The molecule has 1 aromatic carbocycles. The van der Waals surface area contributed by atoms with Gasteiger partial charge in [-0.2, -0.15) is 0 Å². The normalized spacial score (nSPS) is 18.6. The highest BCUT2D eigenvalue weighted by Gasteiger charge is 2.29. The number of piperazine rings is 1. The Balaban J connectivity index is 1.48. The van der Waals surface area contributed by atoms with E-state index in [0.29, 0.717) is 44.5 Å². The number of carbonyl (C=O) groups is 2. The summed E-state index contributed by atoms with van der Waals surface area (Å²) in [6, 6.07) is 12.5. The number of hydrogen-bond acceptors (Lipinski definition) is 5. The van der Waals surface area contributed by atoms with Gasteiger partial charge in [0, 0.05) is 49.8 Å². The highest BCUT2D eigenvalue weighted by atomic mass is 16.6. The van der Waals surface area contributed by atoms with Crippen LogP contribution in [-0.2, 0) is 11.2 Å². The van der Waals surface area contributed by atoms with E-state index in [2.05, 4.69) is 35.0 Å². The van der Waals surface area contributed by atoms with E-state index in [1.54, 1.807) is 22.9 Å². The molecule has 0 aliphatic carbocycles. The van der Waals surface area contributed by atoms with Gasteiger partial charge in [0.1, 0.15) is 5.69 Å². The van der Waals surface area contributed by atoms with Gasteiger partial charge in [-0.3, -0.25) is 9.78 Å². The summed E-state index contributed by atoms with van der Waals surface area (Å²) in [5.41, 5.74) is 3.92. The SMILES string of the molecule is CCOC(=O)N1CCN(C(=O)c2cc(N3c4ccccc4CC3C)ccn2)CC1. The van der Waals surface area contributed by atoms with Crippen LogP contribution < -0.4 is 4.90 Å². The summed E-state index contributed by atoms with van der Waals surface area (Å²) >= 11 is 0. The highest BCUT2D eigenvalue weighted by Crippen LogP contribution is 2.38. The third-order valence-corrected chi connectivity index (χ3v) is 5.54. The van der Waals surface area contributed by atoms with Gasteiger partial charge in [0.05, 0.1) is 6.61 Å². The minimum atomic E-state index is -0.318. The second-order valence-corrected chi connectivity index (χ2v) is 7.43. The van der Waals surface area contributed by atoms with Crippen LogP contribution in [0, 0.1) is 0 Å². The molecule has 0 N–H and O–H groups in total. The van der Waals surface area contributed by atoms with Crippen molar-refractivity contribution >= 4 is 23.4 Å². The highest BCUT2D eigenvalue weighted by molar-refractivity contribution is 5.93. The number of nitrogens with zero attached hydrogens (tertiary/aromatic N) is 4. The summed E-state index contributed by atoms with van der Waals surface area (Å²) in [5.74, 6) is -0.101. The maximum atomic E-state index is 13.0. The smallest absolute Gasteiger partial charge is 0.409 e. The quantitative estimate of drug-likeness (QED) is 0.800. The number of para-hydroxylation sites is 1. The Bertz CT molecular complexity index is 908. The monoisotopic (exact) mass is 394 g/mol. The second kappa shape index (κ2) is 8.11. The molecular weight excluding hydrogens is 368 g/mol. The van der Waals surface area contributed by atoms with E-state index in [0.717, 1.165) is 12.1 Å². The number of benzene rings is 1. The average Bonchev–Trinajstić information content (AvgIpc) is 3.09. The van der Waals surface area contributed by atoms with Crippen LogP contribution >= 0.6 is 0 Å². The number of anilines is 2. The molecule has 2 aliphatic rings. The van der Waals surface area contributed by atoms with Gasteiger partial charge in [0.2, 0.25) is 0 Å². The van der Waals surface area contributed by atoms with Crippen LogP contribution in [0.25, 0.3) is 0 Å². The molecule has 2 aromatic rings. The first kappa shape index (κ1) is 19.2. The van der Waals surface area contributed by atoms with Crippen LogP contribution in [0.1, 0.15) is 29.9 Å². The molecule has 7 nitrogen and oxygen atoms in total. The molecule has 3 heterocycles. The fourth-order valence-corrected chi connectivity index (χ4v) is 4.11. The minimum Gasteiger partial charge on any atom is -0.450 e. The number of pyridine rings is 1. The summed E-state index contributed by atoms with van der Waals surface area (Å²) < 4.78 is 5.04. The Labute approximate surface area is 170 Å². The van der Waals surface area contributed by atoms with Crippen molar-refractivity contribution in [1.29, 1.82) is 0 Å². The van der Waals surface area contributed by atoms with E-state index in [4.69, 9.17) is 4.74 Å². The Hall–Kier alpha value is -3.09. The topological polar surface area (TPSA) is 66.0 Å². The van der Waals surface area contributed by atoms with Gasteiger partial charge in [-0.25, -0.2) is 4.79 Å². The molecule has 1 saturated heterocycles. The molecule has 2 aliphatic heterocycles. The van der Waals surface area contributed by atoms with E-state index in [1.165, 1.54) is 11.3 Å². The summed E-state index contributed by atoms with van der Waals surface area (Å²) in [6.07, 6.45) is 2.37. The van der Waals surface area contributed by atoms with E-state index in [1.807, 2.05) is 18.2 Å². The molecular formula is C22H26N4O3. The summed E-state index contributed by atoms with van der Waals surface area (Å²) in [5, 5.41) is 0. The van der Waals surface area contributed by atoms with Gasteiger partial charge in [0.15, 0.2) is 0 Å². The summed E-state index contributed by atoms with van der Waals surface area (Å²) in [4.78, 5) is 34.8. The van der Waals surface area contributed by atoms with Crippen molar-refractivity contribution in [3.8, 4) is 0 Å². The molecule has 0 spiro atoms. The molecule has 0 bridgehead atoms. The van der Waals surface area contributed by atoms with Crippen molar-refractivity contribution in [3.05, 3.63) is 53.9 Å². The molecule has 1 aromatic heterocycles. The molecule has 29 heavy (non-hydrogen) atoms. The van der Waals surface area contributed by atoms with Gasteiger partial charge in [-0.05, 0) is 44.0 Å². The lowest BCUT2D eigenvalue weighted by Crippen LogP contribution is -2.50. The lowest BCUT2D eigenvalue weighted by molar-refractivity contribution is 0.0566. The predicted molar refractivity (Wildman–Crippen MR) is 110 cm³/mol. The van der Waals surface area contributed by atoms with Crippen LogP contribution in [0.3, 0.4) is 0 Å². The zero-order valence-electron chi connectivity index (χ0n) is 16.9. The zero-order chi connectivity index (χ0) is 20.4. The van der Waals surface area contributed by atoms with Crippen molar-refractivity contribution in [2.45, 2.75) is 26.3 Å². The first-order valence-electron chi connectivity index (χ1n) is 10.1. The molecule has 0 radical (unpaired) electrons. The number of fused-ring (bicyclic) bond motifs is 1. The largest absolute Gasteiger partial charge is 0.450 e. The van der Waals surface area contributed by atoms with Gasteiger partial charge < -0.3 is 19.4 Å². The Morgan fingerprint density at radius 3 is 2.59 bits per heavy atom. The second-order valence-electron chi connectivity index (χ2n) is 7.43. The van der Waals surface area contributed by atoms with E-state index in [-0.39, 0.29) is 12.0 Å². The number of amides is 2. The molecule has 7 heteroatoms. The fraction of sp³-hybridized carbons (Fsp3) is 0.409. The van der Waals surface area contributed by atoms with Crippen LogP contribution in [0.15, 0.2) is 42.6 Å². The van der Waals surface area contributed by atoms with Gasteiger partial charge in [0.25, 0.3) is 5.91 Å². The molecule has 1 fully saturated rings. The Kier molecular flexibility index (Phi) is 5.38. The molecule has 2 amide bonds. The van der Waals surface area contributed by atoms with Gasteiger partial charge in [-0.15, -0.1) is 0 Å². The van der Waals surface area contributed by atoms with Gasteiger partial charge in [-0.1, -0.05) is 18.2 Å². The van der Waals surface area contributed by atoms with Crippen molar-refractivity contribution < 1.29 is 14.3 Å². The first-order chi connectivity index (χ1) is 14.1.